The fourth-order valence-electron chi connectivity index (χ4n) is 3.96. The van der Waals surface area contributed by atoms with Gasteiger partial charge in [0.2, 0.25) is 11.7 Å². The van der Waals surface area contributed by atoms with Crippen LogP contribution in [0.4, 0.5) is 0 Å². The molecule has 0 spiro atoms. The molecule has 0 radical (unpaired) electrons. The van der Waals surface area contributed by atoms with E-state index in [4.69, 9.17) is 19.9 Å². The number of aliphatic hydroxyl groups is 1. The molecule has 1 saturated heterocycles. The Labute approximate surface area is 182 Å². The van der Waals surface area contributed by atoms with Gasteiger partial charge in [-0.3, -0.25) is 9.59 Å². The Bertz CT molecular complexity index is 772. The van der Waals surface area contributed by atoms with Crippen molar-refractivity contribution in [1.29, 1.82) is 0 Å². The van der Waals surface area contributed by atoms with Gasteiger partial charge in [0, 0.05) is 31.8 Å². The van der Waals surface area contributed by atoms with E-state index >= 15 is 0 Å². The summed E-state index contributed by atoms with van der Waals surface area (Å²) >= 11 is 0. The van der Waals surface area contributed by atoms with E-state index in [1.807, 2.05) is 6.92 Å². The molecule has 31 heavy (non-hydrogen) atoms. The average molecular weight is 436 g/mol. The Hall–Kier alpha value is -2.52. The predicted molar refractivity (Wildman–Crippen MR) is 115 cm³/mol. The molecule has 2 amide bonds. The van der Waals surface area contributed by atoms with Crippen molar-refractivity contribution in [2.24, 2.45) is 11.7 Å². The standard InChI is InChI=1S/C22H33N3O6/c1-2-29-18-7-6-16(20-21(18)31-12-4-11-30-20)22(28)24-13-15-8-10-25(14-17(15)26)9-3-5-19(23)27/h6-7,15,17,26H,2-5,8-14H2,1H3,(H2,23,27)(H,24,28)/t15-,17?/m0/s1. The lowest BCUT2D eigenvalue weighted by atomic mass is 9.93. The van der Waals surface area contributed by atoms with Crippen LogP contribution in [0, 0.1) is 5.92 Å². The minimum atomic E-state index is -0.542. The lowest BCUT2D eigenvalue weighted by Crippen LogP contribution is -2.47. The second kappa shape index (κ2) is 11.2. The van der Waals surface area contributed by atoms with Crippen molar-refractivity contribution in [3.8, 4) is 17.2 Å². The first-order chi connectivity index (χ1) is 15.0. The van der Waals surface area contributed by atoms with E-state index < -0.39 is 6.10 Å². The molecule has 2 aliphatic heterocycles. The first kappa shape index (κ1) is 23.1. The van der Waals surface area contributed by atoms with Crippen LogP contribution in [0.25, 0.3) is 0 Å². The second-order valence-corrected chi connectivity index (χ2v) is 7.95. The van der Waals surface area contributed by atoms with E-state index in [0.29, 0.717) is 68.6 Å². The number of β-amino-alcohol motifs (C(OH)–C–C–N with tert-alkyl or cyclic N) is 1. The predicted octanol–water partition coefficient (Wildman–Crippen LogP) is 0.925. The van der Waals surface area contributed by atoms with Gasteiger partial charge in [-0.05, 0) is 45.0 Å². The zero-order chi connectivity index (χ0) is 22.2. The van der Waals surface area contributed by atoms with Crippen molar-refractivity contribution < 1.29 is 28.9 Å². The number of benzene rings is 1. The Morgan fingerprint density at radius 3 is 2.77 bits per heavy atom. The summed E-state index contributed by atoms with van der Waals surface area (Å²) in [5, 5.41) is 13.4. The van der Waals surface area contributed by atoms with Crippen LogP contribution >= 0.6 is 0 Å². The summed E-state index contributed by atoms with van der Waals surface area (Å²) in [6.45, 7) is 5.78. The number of amides is 2. The third-order valence-corrected chi connectivity index (χ3v) is 5.63. The molecule has 1 fully saturated rings. The van der Waals surface area contributed by atoms with Crippen molar-refractivity contribution in [3.05, 3.63) is 17.7 Å². The van der Waals surface area contributed by atoms with Crippen LogP contribution in [0.1, 0.15) is 43.0 Å². The van der Waals surface area contributed by atoms with E-state index in [-0.39, 0.29) is 17.7 Å². The van der Waals surface area contributed by atoms with Gasteiger partial charge in [-0.2, -0.15) is 0 Å². The molecule has 9 nitrogen and oxygen atoms in total. The third-order valence-electron chi connectivity index (χ3n) is 5.63. The molecular formula is C22H33N3O6. The normalized spacial score (nSPS) is 21.2. The molecule has 1 unspecified atom stereocenters. The molecular weight excluding hydrogens is 402 g/mol. The summed E-state index contributed by atoms with van der Waals surface area (Å²) in [5.74, 6) is 0.840. The molecule has 172 valence electrons. The van der Waals surface area contributed by atoms with Gasteiger partial charge in [0.15, 0.2) is 11.5 Å². The Morgan fingerprint density at radius 2 is 2.06 bits per heavy atom. The van der Waals surface area contributed by atoms with Gasteiger partial charge in [-0.1, -0.05) is 0 Å². The van der Waals surface area contributed by atoms with Gasteiger partial charge in [0.05, 0.1) is 31.5 Å². The smallest absolute Gasteiger partial charge is 0.255 e. The molecule has 3 rings (SSSR count). The van der Waals surface area contributed by atoms with E-state index in [0.717, 1.165) is 25.9 Å². The highest BCUT2D eigenvalue weighted by Gasteiger charge is 2.29. The number of rotatable bonds is 9. The average Bonchev–Trinajstić information content (AvgIpc) is 2.99. The number of primary amides is 1. The summed E-state index contributed by atoms with van der Waals surface area (Å²) in [5.41, 5.74) is 5.58. The number of nitrogens with zero attached hydrogens (tertiary/aromatic N) is 1. The molecule has 0 bridgehead atoms. The molecule has 4 N–H and O–H groups in total. The van der Waals surface area contributed by atoms with Crippen molar-refractivity contribution in [2.45, 2.75) is 38.7 Å². The number of hydrogen-bond acceptors (Lipinski definition) is 7. The van der Waals surface area contributed by atoms with Crippen molar-refractivity contribution in [1.82, 2.24) is 10.2 Å². The quantitative estimate of drug-likeness (QED) is 0.527. The van der Waals surface area contributed by atoms with Gasteiger partial charge >= 0.3 is 0 Å². The number of piperidine rings is 1. The van der Waals surface area contributed by atoms with Crippen LogP contribution in [0.15, 0.2) is 12.1 Å². The number of likely N-dealkylation sites (tertiary alicyclic amines) is 1. The maximum absolute atomic E-state index is 12.9. The highest BCUT2D eigenvalue weighted by Crippen LogP contribution is 2.41. The topological polar surface area (TPSA) is 123 Å². The van der Waals surface area contributed by atoms with Crippen LogP contribution < -0.4 is 25.3 Å². The second-order valence-electron chi connectivity index (χ2n) is 7.95. The Kier molecular flexibility index (Phi) is 8.36. The SMILES string of the molecule is CCOc1ccc(C(=O)NC[C@@H]2CCN(CCCC(N)=O)CC2O)c2c1OCCCO2. The van der Waals surface area contributed by atoms with E-state index in [1.54, 1.807) is 12.1 Å². The minimum absolute atomic E-state index is 0.0326. The summed E-state index contributed by atoms with van der Waals surface area (Å²) in [6.07, 6.45) is 1.99. The van der Waals surface area contributed by atoms with Gasteiger partial charge in [0.25, 0.3) is 5.91 Å². The van der Waals surface area contributed by atoms with E-state index in [1.165, 1.54) is 0 Å². The van der Waals surface area contributed by atoms with Crippen molar-refractivity contribution in [2.75, 3.05) is 46.0 Å². The summed E-state index contributed by atoms with van der Waals surface area (Å²) < 4.78 is 17.2. The van der Waals surface area contributed by atoms with Crippen LogP contribution in [-0.2, 0) is 4.79 Å². The number of nitrogens with two attached hydrogens (primary N) is 1. The van der Waals surface area contributed by atoms with Gasteiger partial charge in [0.1, 0.15) is 0 Å². The zero-order valence-corrected chi connectivity index (χ0v) is 18.1. The largest absolute Gasteiger partial charge is 0.490 e. The highest BCUT2D eigenvalue weighted by molar-refractivity contribution is 5.98. The molecule has 0 aliphatic carbocycles. The van der Waals surface area contributed by atoms with Crippen LogP contribution in [0.3, 0.4) is 0 Å². The molecule has 0 saturated carbocycles. The number of nitrogens with one attached hydrogen (secondary N) is 1. The lowest BCUT2D eigenvalue weighted by Gasteiger charge is -2.36. The summed E-state index contributed by atoms with van der Waals surface area (Å²) in [6, 6.07) is 3.41. The molecule has 0 aromatic heterocycles. The molecule has 1 aromatic rings. The van der Waals surface area contributed by atoms with Crippen LogP contribution in [0.2, 0.25) is 0 Å². The number of carbonyl (C=O) groups excluding carboxylic acids is 2. The molecule has 1 aromatic carbocycles. The summed E-state index contributed by atoms with van der Waals surface area (Å²) in [4.78, 5) is 25.9. The maximum atomic E-state index is 12.9. The lowest BCUT2D eigenvalue weighted by molar-refractivity contribution is -0.118. The number of hydrogen-bond donors (Lipinski definition) is 3. The van der Waals surface area contributed by atoms with Gasteiger partial charge < -0.3 is 35.3 Å². The maximum Gasteiger partial charge on any atom is 0.255 e. The van der Waals surface area contributed by atoms with Crippen molar-refractivity contribution in [3.63, 3.8) is 0 Å². The first-order valence-corrected chi connectivity index (χ1v) is 11.0. The Balaban J connectivity index is 1.57. The number of fused-ring (bicyclic) bond motifs is 1. The van der Waals surface area contributed by atoms with Crippen molar-refractivity contribution >= 4 is 11.8 Å². The van der Waals surface area contributed by atoms with E-state index in [2.05, 4.69) is 10.2 Å². The fourth-order valence-corrected chi connectivity index (χ4v) is 3.96. The third kappa shape index (κ3) is 6.24. The molecule has 2 heterocycles. The first-order valence-electron chi connectivity index (χ1n) is 11.0. The van der Waals surface area contributed by atoms with Gasteiger partial charge in [-0.15, -0.1) is 0 Å². The van der Waals surface area contributed by atoms with Crippen LogP contribution in [0.5, 0.6) is 17.2 Å². The summed E-state index contributed by atoms with van der Waals surface area (Å²) in [7, 11) is 0. The zero-order valence-electron chi connectivity index (χ0n) is 18.1. The molecule has 2 aliphatic rings. The molecule has 2 atom stereocenters. The Morgan fingerprint density at radius 1 is 1.29 bits per heavy atom. The highest BCUT2D eigenvalue weighted by atomic mass is 16.5. The fraction of sp³-hybridized carbons (Fsp3) is 0.636. The number of carbonyl (C=O) groups is 2. The number of ether oxygens (including phenoxy) is 3. The van der Waals surface area contributed by atoms with Crippen LogP contribution in [-0.4, -0.2) is 73.9 Å². The number of aliphatic hydroxyl groups excluding tert-OH is 1. The molecule has 9 heteroatoms. The minimum Gasteiger partial charge on any atom is -0.490 e. The van der Waals surface area contributed by atoms with E-state index in [9.17, 15) is 14.7 Å². The van der Waals surface area contributed by atoms with Gasteiger partial charge in [-0.25, -0.2) is 0 Å². The monoisotopic (exact) mass is 435 g/mol.